The zero-order valence-corrected chi connectivity index (χ0v) is 17.6. The molecule has 9 nitrogen and oxygen atoms in total. The minimum Gasteiger partial charge on any atom is -0.480 e. The number of hydrogen-bond donors (Lipinski definition) is 4. The quantitative estimate of drug-likeness (QED) is 0.428. The van der Waals surface area contributed by atoms with E-state index in [1.165, 1.54) is 0 Å². The van der Waals surface area contributed by atoms with Crippen LogP contribution in [0.5, 0.6) is 5.75 Å². The van der Waals surface area contributed by atoms with E-state index in [0.717, 1.165) is 0 Å². The predicted molar refractivity (Wildman–Crippen MR) is 115 cm³/mol. The minimum atomic E-state index is -3.88. The maximum atomic E-state index is 12.4. The molecule has 166 valence electrons. The summed E-state index contributed by atoms with van der Waals surface area (Å²) in [4.78, 5) is 23.9. The normalized spacial score (nSPS) is 16.7. The van der Waals surface area contributed by atoms with Gasteiger partial charge in [0.05, 0.1) is 11.4 Å². The summed E-state index contributed by atoms with van der Waals surface area (Å²) in [6, 6.07) is 12.0. The first-order chi connectivity index (χ1) is 14.8. The summed E-state index contributed by atoms with van der Waals surface area (Å²) < 4.78 is 32.8. The molecule has 0 spiro atoms. The van der Waals surface area contributed by atoms with E-state index in [1.807, 2.05) is 0 Å². The molecule has 1 amide bonds. The lowest BCUT2D eigenvalue weighted by Crippen LogP contribution is -2.42. The maximum Gasteiger partial charge on any atom is 0.322 e. The minimum absolute atomic E-state index is 0.0941. The van der Waals surface area contributed by atoms with Crippen molar-refractivity contribution >= 4 is 27.6 Å². The number of amides is 1. The molecule has 1 aliphatic heterocycles. The van der Waals surface area contributed by atoms with Gasteiger partial charge >= 0.3 is 5.97 Å². The molecule has 2 aromatic rings. The topological polar surface area (TPSA) is 148 Å². The van der Waals surface area contributed by atoms with Gasteiger partial charge in [-0.3, -0.25) is 9.59 Å². The molecule has 0 fully saturated rings. The molecule has 2 aromatic carbocycles. The van der Waals surface area contributed by atoms with Gasteiger partial charge in [0.1, 0.15) is 11.8 Å². The van der Waals surface area contributed by atoms with Gasteiger partial charge in [0.2, 0.25) is 10.0 Å². The van der Waals surface area contributed by atoms with Gasteiger partial charge in [-0.1, -0.05) is 36.4 Å². The lowest BCUT2D eigenvalue weighted by molar-refractivity contribution is -0.139. The number of sulfonamides is 1. The van der Waals surface area contributed by atoms with Crippen LogP contribution in [0.4, 0.5) is 5.69 Å². The number of rotatable bonds is 10. The summed E-state index contributed by atoms with van der Waals surface area (Å²) in [6.07, 6.45) is 0.421. The van der Waals surface area contributed by atoms with Gasteiger partial charge in [0, 0.05) is 0 Å². The number of nitrogens with two attached hydrogens (primary N) is 1. The van der Waals surface area contributed by atoms with E-state index in [2.05, 4.69) is 10.0 Å². The van der Waals surface area contributed by atoms with Crippen LogP contribution < -0.4 is 20.5 Å². The third-order valence-electron chi connectivity index (χ3n) is 4.79. The van der Waals surface area contributed by atoms with Crippen LogP contribution >= 0.6 is 0 Å². The van der Waals surface area contributed by atoms with Crippen LogP contribution in [-0.2, 0) is 31.8 Å². The molecular formula is C21H25N3O6S. The van der Waals surface area contributed by atoms with Crippen LogP contribution in [0.3, 0.4) is 0 Å². The van der Waals surface area contributed by atoms with Crippen molar-refractivity contribution in [3.05, 3.63) is 59.7 Å². The number of hydrogen-bond acceptors (Lipinski definition) is 6. The predicted octanol–water partition coefficient (Wildman–Crippen LogP) is 1.24. The van der Waals surface area contributed by atoms with Crippen LogP contribution in [-0.4, -0.2) is 44.1 Å². The molecule has 3 rings (SSSR count). The van der Waals surface area contributed by atoms with Crippen LogP contribution in [0.15, 0.2) is 48.5 Å². The fraction of sp³-hybridized carbons (Fsp3) is 0.333. The Balaban J connectivity index is 1.70. The Kier molecular flexibility index (Phi) is 7.26. The highest BCUT2D eigenvalue weighted by atomic mass is 32.2. The summed E-state index contributed by atoms with van der Waals surface area (Å²) in [5.41, 5.74) is 6.99. The molecule has 0 aliphatic carbocycles. The van der Waals surface area contributed by atoms with Gasteiger partial charge in [-0.05, 0) is 49.1 Å². The summed E-state index contributed by atoms with van der Waals surface area (Å²) >= 11 is 0. The van der Waals surface area contributed by atoms with Gasteiger partial charge in [0.15, 0.2) is 6.10 Å². The van der Waals surface area contributed by atoms with E-state index in [4.69, 9.17) is 10.5 Å². The summed E-state index contributed by atoms with van der Waals surface area (Å²) in [5, 5.41) is 12.3. The molecule has 2 atom stereocenters. The number of benzene rings is 2. The van der Waals surface area contributed by atoms with E-state index in [1.54, 1.807) is 48.5 Å². The molecule has 0 unspecified atom stereocenters. The molecule has 10 heteroatoms. The van der Waals surface area contributed by atoms with Crippen LogP contribution in [0, 0.1) is 0 Å². The largest absolute Gasteiger partial charge is 0.480 e. The first-order valence-electron chi connectivity index (χ1n) is 9.84. The van der Waals surface area contributed by atoms with Crippen molar-refractivity contribution in [2.24, 2.45) is 5.73 Å². The monoisotopic (exact) mass is 447 g/mol. The number of anilines is 1. The highest BCUT2D eigenvalue weighted by molar-refractivity contribution is 7.88. The van der Waals surface area contributed by atoms with Crippen molar-refractivity contribution in [3.63, 3.8) is 0 Å². The average molecular weight is 448 g/mol. The Hall–Kier alpha value is -2.95. The van der Waals surface area contributed by atoms with Crippen LogP contribution in [0.25, 0.3) is 0 Å². The third kappa shape index (κ3) is 6.27. The molecule has 0 saturated heterocycles. The lowest BCUT2D eigenvalue weighted by atomic mass is 10.0. The van der Waals surface area contributed by atoms with Gasteiger partial charge in [-0.15, -0.1) is 0 Å². The SMILES string of the molecule is NCCC[C@H]1Oc2ccc(C[C@H](NS(=O)(=O)Cc3ccccc3)C(=O)O)cc2NC1=O. The van der Waals surface area contributed by atoms with Crippen molar-refractivity contribution in [2.45, 2.75) is 37.2 Å². The summed E-state index contributed by atoms with van der Waals surface area (Å²) in [7, 11) is -3.88. The number of aliphatic carboxylic acids is 1. The second kappa shape index (κ2) is 9.90. The zero-order chi connectivity index (χ0) is 22.4. The molecule has 1 aliphatic rings. The highest BCUT2D eigenvalue weighted by Gasteiger charge is 2.29. The van der Waals surface area contributed by atoms with E-state index in [-0.39, 0.29) is 18.1 Å². The molecular weight excluding hydrogens is 422 g/mol. The number of carboxylic acid groups (broad SMARTS) is 1. The Morgan fingerprint density at radius 2 is 1.94 bits per heavy atom. The fourth-order valence-electron chi connectivity index (χ4n) is 3.28. The van der Waals surface area contributed by atoms with Gasteiger partial charge in [-0.2, -0.15) is 0 Å². The Bertz CT molecular complexity index is 1040. The first kappa shape index (κ1) is 22.7. The third-order valence-corrected chi connectivity index (χ3v) is 6.15. The second-order valence-electron chi connectivity index (χ2n) is 7.31. The number of ether oxygens (including phenoxy) is 1. The molecule has 1 heterocycles. The van der Waals surface area contributed by atoms with E-state index >= 15 is 0 Å². The lowest BCUT2D eigenvalue weighted by Gasteiger charge is -2.26. The maximum absolute atomic E-state index is 12.4. The van der Waals surface area contributed by atoms with Gasteiger partial charge in [-0.25, -0.2) is 13.1 Å². The molecule has 31 heavy (non-hydrogen) atoms. The summed E-state index contributed by atoms with van der Waals surface area (Å²) in [5.74, 6) is -1.44. The highest BCUT2D eigenvalue weighted by Crippen LogP contribution is 2.32. The Morgan fingerprint density at radius 3 is 2.61 bits per heavy atom. The standard InChI is InChI=1S/C21H25N3O6S/c22-10-4-7-19-20(25)23-16-11-15(8-9-18(16)30-19)12-17(21(26)27)24-31(28,29)13-14-5-2-1-3-6-14/h1-3,5-6,8-9,11,17,19,24H,4,7,10,12-13,22H2,(H,23,25)(H,26,27)/t17-,19+/m0/s1. The Morgan fingerprint density at radius 1 is 1.19 bits per heavy atom. The average Bonchev–Trinajstić information content (AvgIpc) is 2.72. The number of carbonyl (C=O) groups is 2. The molecule has 0 radical (unpaired) electrons. The van der Waals surface area contributed by atoms with E-state index < -0.39 is 28.1 Å². The molecule has 0 aromatic heterocycles. The number of carboxylic acids is 1. The fourth-order valence-corrected chi connectivity index (χ4v) is 4.62. The number of fused-ring (bicyclic) bond motifs is 1. The smallest absolute Gasteiger partial charge is 0.322 e. The van der Waals surface area contributed by atoms with Crippen molar-refractivity contribution in [1.29, 1.82) is 0 Å². The number of carbonyl (C=O) groups excluding carboxylic acids is 1. The second-order valence-corrected chi connectivity index (χ2v) is 9.07. The Labute approximate surface area is 180 Å². The molecule has 0 saturated carbocycles. The van der Waals surface area contributed by atoms with Crippen LogP contribution in [0.2, 0.25) is 0 Å². The van der Waals surface area contributed by atoms with Crippen molar-refractivity contribution < 1.29 is 27.9 Å². The van der Waals surface area contributed by atoms with Crippen LogP contribution in [0.1, 0.15) is 24.0 Å². The first-order valence-corrected chi connectivity index (χ1v) is 11.5. The zero-order valence-electron chi connectivity index (χ0n) is 16.8. The molecule has 0 bridgehead atoms. The van der Waals surface area contributed by atoms with Gasteiger partial charge < -0.3 is 20.9 Å². The number of nitrogens with one attached hydrogen (secondary N) is 2. The van der Waals surface area contributed by atoms with Crippen molar-refractivity contribution in [3.8, 4) is 5.75 Å². The van der Waals surface area contributed by atoms with Gasteiger partial charge in [0.25, 0.3) is 5.91 Å². The summed E-state index contributed by atoms with van der Waals surface area (Å²) in [6.45, 7) is 0.454. The molecule has 5 N–H and O–H groups in total. The van der Waals surface area contributed by atoms with E-state index in [9.17, 15) is 23.1 Å². The van der Waals surface area contributed by atoms with E-state index in [0.29, 0.717) is 42.0 Å². The van der Waals surface area contributed by atoms with Crippen molar-refractivity contribution in [1.82, 2.24) is 4.72 Å². The van der Waals surface area contributed by atoms with Crippen molar-refractivity contribution in [2.75, 3.05) is 11.9 Å².